The molecule has 202 valence electrons. The van der Waals surface area contributed by atoms with E-state index in [1.54, 1.807) is 19.5 Å². The zero-order valence-electron chi connectivity index (χ0n) is 21.7. The number of ketones is 1. The van der Waals surface area contributed by atoms with E-state index in [9.17, 15) is 24.9 Å². The Bertz CT molecular complexity index is 1170. The summed E-state index contributed by atoms with van der Waals surface area (Å²) in [6, 6.07) is 1.95. The van der Waals surface area contributed by atoms with Crippen molar-refractivity contribution in [3.8, 4) is 0 Å². The summed E-state index contributed by atoms with van der Waals surface area (Å²) in [5, 5.41) is 34.9. The lowest BCUT2D eigenvalue weighted by Crippen LogP contribution is -2.80. The maximum atomic E-state index is 14.4. The van der Waals surface area contributed by atoms with E-state index < -0.39 is 69.7 Å². The van der Waals surface area contributed by atoms with Gasteiger partial charge in [-0.2, -0.15) is 0 Å². The minimum Gasteiger partial charge on any atom is -0.472 e. The summed E-state index contributed by atoms with van der Waals surface area (Å²) in [5.74, 6) is -1.73. The third-order valence-electron chi connectivity index (χ3n) is 12.2. The molecular weight excluding hydrogens is 480 g/mol. The Labute approximate surface area is 215 Å². The van der Waals surface area contributed by atoms with Gasteiger partial charge in [0.2, 0.25) is 0 Å². The van der Waals surface area contributed by atoms with Gasteiger partial charge < -0.3 is 33.9 Å². The van der Waals surface area contributed by atoms with Crippen LogP contribution in [0.3, 0.4) is 0 Å². The van der Waals surface area contributed by atoms with Crippen molar-refractivity contribution in [1.29, 1.82) is 0 Å². The highest BCUT2D eigenvalue weighted by Gasteiger charge is 2.90. The Hall–Kier alpha value is -1.78. The Morgan fingerprint density at radius 1 is 1.11 bits per heavy atom. The second-order valence-corrected chi connectivity index (χ2v) is 13.3. The molecule has 3 N–H and O–H groups in total. The summed E-state index contributed by atoms with van der Waals surface area (Å²) in [6.45, 7) is 7.15. The second kappa shape index (κ2) is 7.04. The summed E-state index contributed by atoms with van der Waals surface area (Å²) in [4.78, 5) is 26.4. The molecule has 4 aliphatic carbocycles. The fourth-order valence-electron chi connectivity index (χ4n) is 10.7. The molecule has 1 aromatic heterocycles. The standard InChI is InChI=1S/C28H36O9/c1-13(29)36-20-9-19(32)27-12-35-23(33)25(20,3)17(27)8-18(31)26(4)22(27)16(30)10-24(2)15(14-5-6-34-11-14)7-21-28(24,26)37-21/h5-6,11,15,17-23,31-33H,7-10,12H2,1-4H3. The SMILES string of the molecule is CC(=O)OC1CC(O)C23COC(O)C1(C)C2CC(O)C1(C)C3C(=O)CC2(C)C(c3ccoc3)CC3OC321. The van der Waals surface area contributed by atoms with Gasteiger partial charge in [0, 0.05) is 41.9 Å². The van der Waals surface area contributed by atoms with Crippen LogP contribution in [0.25, 0.3) is 0 Å². The number of furan rings is 1. The van der Waals surface area contributed by atoms with Gasteiger partial charge in [0.15, 0.2) is 6.29 Å². The average Bonchev–Trinajstić information content (AvgIpc) is 3.19. The Kier molecular flexibility index (Phi) is 4.62. The van der Waals surface area contributed by atoms with E-state index in [1.165, 1.54) is 6.92 Å². The predicted molar refractivity (Wildman–Crippen MR) is 126 cm³/mol. The van der Waals surface area contributed by atoms with Gasteiger partial charge in [0.05, 0.1) is 42.9 Å². The molecule has 1 aromatic rings. The first-order chi connectivity index (χ1) is 17.4. The number of epoxide rings is 1. The first-order valence-electron chi connectivity index (χ1n) is 13.4. The van der Waals surface area contributed by atoms with Gasteiger partial charge in [-0.05, 0) is 36.3 Å². The molecule has 13 unspecified atom stereocenters. The molecular formula is C28H36O9. The highest BCUT2D eigenvalue weighted by Crippen LogP contribution is 2.82. The van der Waals surface area contributed by atoms with Crippen LogP contribution in [-0.2, 0) is 23.8 Å². The molecule has 2 aliphatic heterocycles. The number of aliphatic hydroxyl groups excluding tert-OH is 3. The number of hydrogen-bond donors (Lipinski definition) is 3. The number of Topliss-reactive ketones (excluding diaryl/α,β-unsaturated/α-hetero) is 1. The maximum Gasteiger partial charge on any atom is 0.302 e. The van der Waals surface area contributed by atoms with Crippen LogP contribution in [-0.4, -0.2) is 70.0 Å². The van der Waals surface area contributed by atoms with Crippen molar-refractivity contribution >= 4 is 11.8 Å². The van der Waals surface area contributed by atoms with Gasteiger partial charge >= 0.3 is 5.97 Å². The number of fused-ring (bicyclic) bond motifs is 1. The van der Waals surface area contributed by atoms with Crippen LogP contribution in [0.1, 0.15) is 64.9 Å². The maximum absolute atomic E-state index is 14.4. The number of carbonyl (C=O) groups is 2. The third-order valence-corrected chi connectivity index (χ3v) is 12.2. The number of hydrogen-bond acceptors (Lipinski definition) is 9. The summed E-state index contributed by atoms with van der Waals surface area (Å²) in [5.41, 5.74) is -3.37. The number of ether oxygens (including phenoxy) is 3. The van der Waals surface area contributed by atoms with E-state index in [2.05, 4.69) is 6.92 Å². The zero-order chi connectivity index (χ0) is 26.3. The fourth-order valence-corrected chi connectivity index (χ4v) is 10.7. The predicted octanol–water partition coefficient (Wildman–Crippen LogP) is 1.92. The number of esters is 1. The molecule has 3 heterocycles. The van der Waals surface area contributed by atoms with Crippen molar-refractivity contribution in [3.05, 3.63) is 24.2 Å². The molecule has 9 heteroatoms. The van der Waals surface area contributed by atoms with Crippen LogP contribution in [0, 0.1) is 33.5 Å². The summed E-state index contributed by atoms with van der Waals surface area (Å²) in [7, 11) is 0. The average molecular weight is 517 g/mol. The van der Waals surface area contributed by atoms with Crippen molar-refractivity contribution in [1.82, 2.24) is 0 Å². The number of aliphatic hydroxyl groups is 3. The third kappa shape index (κ3) is 2.42. The lowest BCUT2D eigenvalue weighted by atomic mass is 9.33. The van der Waals surface area contributed by atoms with E-state index in [4.69, 9.17) is 18.6 Å². The van der Waals surface area contributed by atoms with Gasteiger partial charge in [0.25, 0.3) is 0 Å². The van der Waals surface area contributed by atoms with E-state index in [1.807, 2.05) is 13.0 Å². The van der Waals surface area contributed by atoms with E-state index in [-0.39, 0.29) is 43.7 Å². The summed E-state index contributed by atoms with van der Waals surface area (Å²) in [6.07, 6.45) is 0.556. The van der Waals surface area contributed by atoms with Gasteiger partial charge in [-0.25, -0.2) is 0 Å². The van der Waals surface area contributed by atoms with Gasteiger partial charge in [0.1, 0.15) is 17.5 Å². The molecule has 1 spiro atoms. The van der Waals surface area contributed by atoms with Crippen LogP contribution < -0.4 is 0 Å². The van der Waals surface area contributed by atoms with Crippen molar-refractivity contribution in [2.75, 3.05) is 6.61 Å². The van der Waals surface area contributed by atoms with E-state index in [0.717, 1.165) is 12.0 Å². The molecule has 6 aliphatic rings. The van der Waals surface area contributed by atoms with Gasteiger partial charge in [-0.3, -0.25) is 9.59 Å². The molecule has 6 fully saturated rings. The number of rotatable bonds is 2. The van der Waals surface area contributed by atoms with Crippen LogP contribution >= 0.6 is 0 Å². The lowest BCUT2D eigenvalue weighted by molar-refractivity contribution is -0.371. The lowest BCUT2D eigenvalue weighted by Gasteiger charge is -2.72. The first kappa shape index (κ1) is 24.3. The van der Waals surface area contributed by atoms with Gasteiger partial charge in [-0.1, -0.05) is 20.8 Å². The summed E-state index contributed by atoms with van der Waals surface area (Å²) >= 11 is 0. The molecule has 0 amide bonds. The molecule has 2 bridgehead atoms. The van der Waals surface area contributed by atoms with Crippen LogP contribution in [0.2, 0.25) is 0 Å². The molecule has 0 radical (unpaired) electrons. The number of carbonyl (C=O) groups excluding carboxylic acids is 2. The monoisotopic (exact) mass is 516 g/mol. The van der Waals surface area contributed by atoms with Crippen LogP contribution in [0.4, 0.5) is 0 Å². The highest BCUT2D eigenvalue weighted by atomic mass is 16.6. The Morgan fingerprint density at radius 2 is 1.86 bits per heavy atom. The molecule has 13 atom stereocenters. The molecule has 2 saturated heterocycles. The largest absolute Gasteiger partial charge is 0.472 e. The van der Waals surface area contributed by atoms with Crippen LogP contribution in [0.5, 0.6) is 0 Å². The molecule has 9 nitrogen and oxygen atoms in total. The highest BCUT2D eigenvalue weighted by molar-refractivity contribution is 5.87. The van der Waals surface area contributed by atoms with E-state index >= 15 is 0 Å². The van der Waals surface area contributed by atoms with Crippen molar-refractivity contribution in [2.24, 2.45) is 33.5 Å². The molecule has 37 heavy (non-hydrogen) atoms. The summed E-state index contributed by atoms with van der Waals surface area (Å²) < 4.78 is 23.5. The second-order valence-electron chi connectivity index (χ2n) is 13.3. The van der Waals surface area contributed by atoms with Crippen LogP contribution in [0.15, 0.2) is 23.0 Å². The smallest absolute Gasteiger partial charge is 0.302 e. The normalized spacial score (nSPS) is 57.5. The Morgan fingerprint density at radius 3 is 2.54 bits per heavy atom. The van der Waals surface area contributed by atoms with Crippen molar-refractivity contribution < 1.29 is 43.5 Å². The minimum absolute atomic E-state index is 0.0102. The zero-order valence-corrected chi connectivity index (χ0v) is 21.7. The topological polar surface area (TPSA) is 139 Å². The molecule has 4 saturated carbocycles. The van der Waals surface area contributed by atoms with Crippen molar-refractivity contribution in [3.63, 3.8) is 0 Å². The minimum atomic E-state index is -1.26. The van der Waals surface area contributed by atoms with Crippen molar-refractivity contribution in [2.45, 2.75) is 95.6 Å². The molecule has 7 rings (SSSR count). The Balaban J connectivity index is 1.38. The fraction of sp³-hybridized carbons (Fsp3) is 0.786. The molecule has 0 aromatic carbocycles. The van der Waals surface area contributed by atoms with Gasteiger partial charge in [-0.15, -0.1) is 0 Å². The quantitative estimate of drug-likeness (QED) is 0.397. The van der Waals surface area contributed by atoms with E-state index in [0.29, 0.717) is 0 Å². The first-order valence-corrected chi connectivity index (χ1v) is 13.4.